The molecule has 2 amide bonds. The highest BCUT2D eigenvalue weighted by Gasteiger charge is 2.13. The van der Waals surface area contributed by atoms with Crippen LogP contribution in [0.5, 0.6) is 0 Å². The van der Waals surface area contributed by atoms with Crippen molar-refractivity contribution in [1.29, 1.82) is 0 Å². The van der Waals surface area contributed by atoms with E-state index < -0.39 is 23.8 Å². The van der Waals surface area contributed by atoms with Crippen molar-refractivity contribution in [3.63, 3.8) is 0 Å². The Balaban J connectivity index is 1.28. The summed E-state index contributed by atoms with van der Waals surface area (Å²) in [6.07, 6.45) is 2.42. The summed E-state index contributed by atoms with van der Waals surface area (Å²) in [5.41, 5.74) is 6.15. The van der Waals surface area contributed by atoms with Crippen LogP contribution in [0.3, 0.4) is 0 Å². The summed E-state index contributed by atoms with van der Waals surface area (Å²) in [7, 11) is 2.59. The van der Waals surface area contributed by atoms with Gasteiger partial charge in [-0.3, -0.25) is 9.59 Å². The second-order valence-electron chi connectivity index (χ2n) is 7.95. The summed E-state index contributed by atoms with van der Waals surface area (Å²) in [5, 5.41) is 7.40. The molecular formula is C28H22N4O8. The number of furan rings is 2. The summed E-state index contributed by atoms with van der Waals surface area (Å²) >= 11 is 0. The molecule has 40 heavy (non-hydrogen) atoms. The van der Waals surface area contributed by atoms with Gasteiger partial charge in [-0.2, -0.15) is 10.2 Å². The highest BCUT2D eigenvalue weighted by atomic mass is 16.5. The number of hydrazone groups is 2. The maximum absolute atomic E-state index is 12.0. The smallest absolute Gasteiger partial charge is 0.337 e. The van der Waals surface area contributed by atoms with E-state index in [2.05, 4.69) is 21.1 Å². The fourth-order valence-corrected chi connectivity index (χ4v) is 3.40. The lowest BCUT2D eigenvalue weighted by molar-refractivity contribution is -0.139. The van der Waals surface area contributed by atoms with E-state index in [1.807, 2.05) is 0 Å². The predicted molar refractivity (Wildman–Crippen MR) is 142 cm³/mol. The molecule has 4 aromatic rings. The van der Waals surface area contributed by atoms with Crippen LogP contribution in [0.15, 0.2) is 91.8 Å². The van der Waals surface area contributed by atoms with Crippen molar-refractivity contribution < 1.29 is 37.5 Å². The normalized spacial score (nSPS) is 10.9. The average Bonchev–Trinajstić information content (AvgIpc) is 3.66. The first kappa shape index (κ1) is 27.3. The largest absolute Gasteiger partial charge is 0.465 e. The Kier molecular flexibility index (Phi) is 8.62. The van der Waals surface area contributed by atoms with Crippen LogP contribution in [-0.4, -0.2) is 50.4 Å². The third-order valence-electron chi connectivity index (χ3n) is 5.31. The molecule has 0 aliphatic heterocycles. The Hall–Kier alpha value is -5.78. The van der Waals surface area contributed by atoms with Gasteiger partial charge in [-0.15, -0.1) is 0 Å². The zero-order chi connectivity index (χ0) is 28.5. The molecule has 0 aliphatic rings. The summed E-state index contributed by atoms with van der Waals surface area (Å²) in [5.74, 6) is -1.57. The topological polar surface area (TPSA) is 162 Å². The van der Waals surface area contributed by atoms with Crippen LogP contribution in [-0.2, 0) is 19.1 Å². The number of carbonyl (C=O) groups excluding carboxylic acids is 4. The SMILES string of the molecule is COC(=O)c1cccc(-c2ccc(C=NNC(=O)C(=O)N/N=C/c3ccc(-c4cccc(C(=O)OC)c4)o3)o2)c1. The first-order valence-electron chi connectivity index (χ1n) is 11.6. The molecule has 0 radical (unpaired) electrons. The third-order valence-corrected chi connectivity index (χ3v) is 5.31. The van der Waals surface area contributed by atoms with Crippen molar-refractivity contribution in [3.05, 3.63) is 95.4 Å². The van der Waals surface area contributed by atoms with Crippen LogP contribution < -0.4 is 10.9 Å². The van der Waals surface area contributed by atoms with Crippen LogP contribution in [0.25, 0.3) is 22.6 Å². The van der Waals surface area contributed by atoms with Gasteiger partial charge in [0.05, 0.1) is 37.8 Å². The van der Waals surface area contributed by atoms with Crippen molar-refractivity contribution >= 4 is 36.2 Å². The first-order chi connectivity index (χ1) is 19.4. The number of rotatable bonds is 8. The molecular weight excluding hydrogens is 520 g/mol. The Bertz CT molecular complexity index is 1500. The monoisotopic (exact) mass is 542 g/mol. The molecule has 0 saturated carbocycles. The van der Waals surface area contributed by atoms with Gasteiger partial charge in [0.2, 0.25) is 0 Å². The lowest BCUT2D eigenvalue weighted by Crippen LogP contribution is -2.35. The van der Waals surface area contributed by atoms with Crippen LogP contribution in [0.1, 0.15) is 32.2 Å². The summed E-state index contributed by atoms with van der Waals surface area (Å²) in [6.45, 7) is 0. The van der Waals surface area contributed by atoms with Gasteiger partial charge < -0.3 is 18.3 Å². The van der Waals surface area contributed by atoms with Gasteiger partial charge in [-0.25, -0.2) is 20.4 Å². The van der Waals surface area contributed by atoms with Crippen molar-refractivity contribution in [1.82, 2.24) is 10.9 Å². The van der Waals surface area contributed by atoms with Gasteiger partial charge >= 0.3 is 23.8 Å². The molecule has 0 bridgehead atoms. The molecule has 12 heteroatoms. The number of nitrogens with one attached hydrogen (secondary N) is 2. The van der Waals surface area contributed by atoms with Gasteiger partial charge in [0.25, 0.3) is 0 Å². The van der Waals surface area contributed by atoms with Gasteiger partial charge in [-0.05, 0) is 48.5 Å². The van der Waals surface area contributed by atoms with E-state index in [9.17, 15) is 19.2 Å². The van der Waals surface area contributed by atoms with Crippen LogP contribution in [0, 0.1) is 0 Å². The van der Waals surface area contributed by atoms with E-state index in [1.165, 1.54) is 26.6 Å². The van der Waals surface area contributed by atoms with Gasteiger partial charge in [0.1, 0.15) is 23.0 Å². The Morgan fingerprint density at radius 3 is 1.48 bits per heavy atom. The molecule has 0 fully saturated rings. The Morgan fingerprint density at radius 1 is 0.650 bits per heavy atom. The van der Waals surface area contributed by atoms with E-state index in [-0.39, 0.29) is 0 Å². The number of methoxy groups -OCH3 is 2. The fourth-order valence-electron chi connectivity index (χ4n) is 3.40. The molecule has 2 N–H and O–H groups in total. The van der Waals surface area contributed by atoms with Crippen LogP contribution >= 0.6 is 0 Å². The molecule has 202 valence electrons. The van der Waals surface area contributed by atoms with Crippen molar-refractivity contribution in [2.24, 2.45) is 10.2 Å². The summed E-state index contributed by atoms with van der Waals surface area (Å²) in [4.78, 5) is 47.4. The quantitative estimate of drug-likeness (QED) is 0.148. The first-order valence-corrected chi connectivity index (χ1v) is 11.6. The second kappa shape index (κ2) is 12.6. The third kappa shape index (κ3) is 6.75. The van der Waals surface area contributed by atoms with Crippen LogP contribution in [0.4, 0.5) is 0 Å². The number of amides is 2. The van der Waals surface area contributed by atoms with Crippen molar-refractivity contribution in [2.45, 2.75) is 0 Å². The lowest BCUT2D eigenvalue weighted by atomic mass is 10.1. The molecule has 0 spiro atoms. The summed E-state index contributed by atoms with van der Waals surface area (Å²) < 4.78 is 20.7. The van der Waals surface area contributed by atoms with E-state index in [1.54, 1.807) is 72.8 Å². The second-order valence-corrected chi connectivity index (χ2v) is 7.95. The number of nitrogens with zero attached hydrogens (tertiary/aromatic N) is 2. The van der Waals surface area contributed by atoms with Gasteiger partial charge in [0, 0.05) is 11.1 Å². The predicted octanol–water partition coefficient (Wildman–Crippen LogP) is 3.38. The molecule has 2 aromatic heterocycles. The van der Waals surface area contributed by atoms with Crippen molar-refractivity contribution in [2.75, 3.05) is 14.2 Å². The molecule has 0 aliphatic carbocycles. The molecule has 2 heterocycles. The summed E-state index contributed by atoms with van der Waals surface area (Å²) in [6, 6.07) is 19.9. The standard InChI is InChI=1S/C28H22N4O8/c1-37-27(35)19-7-3-5-17(13-19)23-11-9-21(39-23)15-29-31-25(33)26(34)32-30-16-22-10-12-24(40-22)18-6-4-8-20(14-18)28(36)38-2/h3-16H,1-2H3,(H,31,33)(H,32,34)/b29-15+,30-16?. The number of benzene rings is 2. The van der Waals surface area contributed by atoms with E-state index in [0.29, 0.717) is 45.3 Å². The highest BCUT2D eigenvalue weighted by molar-refractivity contribution is 6.35. The molecule has 0 unspecified atom stereocenters. The molecule has 0 atom stereocenters. The average molecular weight is 543 g/mol. The fraction of sp³-hybridized carbons (Fsp3) is 0.0714. The maximum atomic E-state index is 12.0. The molecule has 12 nitrogen and oxygen atoms in total. The minimum atomic E-state index is -1.06. The highest BCUT2D eigenvalue weighted by Crippen LogP contribution is 2.24. The van der Waals surface area contributed by atoms with Gasteiger partial charge in [0.15, 0.2) is 0 Å². The maximum Gasteiger partial charge on any atom is 0.337 e. The lowest BCUT2D eigenvalue weighted by Gasteiger charge is -2.01. The minimum absolute atomic E-state index is 0.294. The molecule has 4 rings (SSSR count). The Labute approximate surface area is 227 Å². The number of esters is 2. The number of hydrogen-bond acceptors (Lipinski definition) is 10. The minimum Gasteiger partial charge on any atom is -0.465 e. The number of ether oxygens (including phenoxy) is 2. The molecule has 0 saturated heterocycles. The van der Waals surface area contributed by atoms with E-state index in [4.69, 9.17) is 18.3 Å². The zero-order valence-corrected chi connectivity index (χ0v) is 21.2. The van der Waals surface area contributed by atoms with Crippen molar-refractivity contribution in [3.8, 4) is 22.6 Å². The Morgan fingerprint density at radius 2 is 1.07 bits per heavy atom. The van der Waals surface area contributed by atoms with Crippen LogP contribution in [0.2, 0.25) is 0 Å². The number of hydrogen-bond donors (Lipinski definition) is 2. The number of carbonyl (C=O) groups is 4. The van der Waals surface area contributed by atoms with E-state index in [0.717, 1.165) is 0 Å². The molecule has 2 aromatic carbocycles. The van der Waals surface area contributed by atoms with E-state index >= 15 is 0 Å². The van der Waals surface area contributed by atoms with Gasteiger partial charge in [-0.1, -0.05) is 24.3 Å². The zero-order valence-electron chi connectivity index (χ0n) is 21.2.